The molecule has 1 aliphatic heterocycles. The number of rotatable bonds is 29. The summed E-state index contributed by atoms with van der Waals surface area (Å²) in [6, 6.07) is 21.3. The van der Waals surface area contributed by atoms with Crippen molar-refractivity contribution >= 4 is 11.8 Å². The minimum absolute atomic E-state index is 0.0888. The first-order valence-corrected chi connectivity index (χ1v) is 25.0. The van der Waals surface area contributed by atoms with Gasteiger partial charge >= 0.3 is 6.09 Å². The number of allylic oxidation sites excluding steroid dienone is 1. The molecule has 0 spiro atoms. The number of hydrogen-bond acceptors (Lipinski definition) is 10. The van der Waals surface area contributed by atoms with Crippen LogP contribution in [0.4, 0.5) is 4.79 Å². The van der Waals surface area contributed by atoms with Crippen LogP contribution in [0.15, 0.2) is 96.2 Å². The van der Waals surface area contributed by atoms with Crippen LogP contribution in [0.3, 0.4) is 0 Å². The Kier molecular flexibility index (Phi) is 20.4. The number of oxime groups is 1. The zero-order valence-electron chi connectivity index (χ0n) is 40.0. The minimum Gasteiger partial charge on any atom is -0.487 e. The van der Waals surface area contributed by atoms with E-state index in [4.69, 9.17) is 28.9 Å². The molecule has 360 valence electrons. The molecule has 0 saturated heterocycles. The van der Waals surface area contributed by atoms with Crippen molar-refractivity contribution in [2.45, 2.75) is 154 Å². The van der Waals surface area contributed by atoms with Gasteiger partial charge in [0.1, 0.15) is 30.8 Å². The zero-order chi connectivity index (χ0) is 46.6. The number of aliphatic hydroxyl groups excluding tert-OH is 2. The molecule has 11 nitrogen and oxygen atoms in total. The summed E-state index contributed by atoms with van der Waals surface area (Å²) < 4.78 is 26.9. The smallest absolute Gasteiger partial charge is 0.409 e. The molecular formula is C55H77N3O8. The van der Waals surface area contributed by atoms with E-state index < -0.39 is 23.8 Å². The molecule has 0 radical (unpaired) electrons. The monoisotopic (exact) mass is 908 g/mol. The highest BCUT2D eigenvalue weighted by molar-refractivity contribution is 6.02. The number of aromatic nitrogens is 1. The Hall–Kier alpha value is -4.71. The second kappa shape index (κ2) is 26.6. The molecular weight excluding hydrogens is 831 g/mol. The van der Waals surface area contributed by atoms with Gasteiger partial charge in [-0.25, -0.2) is 4.79 Å². The molecule has 1 fully saturated rings. The normalized spacial score (nSPS) is 22.4. The molecule has 1 aromatic heterocycles. The van der Waals surface area contributed by atoms with Gasteiger partial charge in [-0.15, -0.1) is 6.58 Å². The number of benzene rings is 2. The Bertz CT molecular complexity index is 2010. The van der Waals surface area contributed by atoms with Gasteiger partial charge in [-0.3, -0.25) is 4.98 Å². The second-order valence-electron chi connectivity index (χ2n) is 18.5. The lowest BCUT2D eigenvalue weighted by Gasteiger charge is -2.59. The molecule has 1 amide bonds. The molecule has 2 aromatic carbocycles. The Morgan fingerprint density at radius 1 is 0.894 bits per heavy atom. The molecule has 2 aliphatic carbocycles. The zero-order valence-corrected chi connectivity index (χ0v) is 40.0. The third kappa shape index (κ3) is 13.5. The maximum atomic E-state index is 14.3. The van der Waals surface area contributed by atoms with Crippen molar-refractivity contribution in [1.82, 2.24) is 9.88 Å². The molecule has 6 unspecified atom stereocenters. The minimum atomic E-state index is -1.36. The molecule has 3 aromatic rings. The van der Waals surface area contributed by atoms with Crippen LogP contribution in [-0.2, 0) is 27.5 Å². The van der Waals surface area contributed by atoms with Gasteiger partial charge in [0, 0.05) is 43.9 Å². The van der Waals surface area contributed by atoms with Crippen LogP contribution >= 0.6 is 0 Å². The summed E-state index contributed by atoms with van der Waals surface area (Å²) in [4.78, 5) is 26.8. The van der Waals surface area contributed by atoms with Crippen LogP contribution in [-0.4, -0.2) is 77.2 Å². The maximum absolute atomic E-state index is 14.3. The lowest BCUT2D eigenvalue weighted by molar-refractivity contribution is -0.253. The van der Waals surface area contributed by atoms with Crippen molar-refractivity contribution < 1.29 is 38.8 Å². The summed E-state index contributed by atoms with van der Waals surface area (Å²) in [5.74, 6) is -0.400. The second-order valence-corrected chi connectivity index (χ2v) is 18.5. The Morgan fingerprint density at radius 3 is 2.33 bits per heavy atom. The number of carbonyl (C=O) groups is 1. The van der Waals surface area contributed by atoms with E-state index in [-0.39, 0.29) is 44.2 Å². The van der Waals surface area contributed by atoms with Crippen molar-refractivity contribution in [1.29, 1.82) is 0 Å². The number of likely N-dealkylation sites (N-methyl/N-ethyl adjacent to an activating group) is 1. The Labute approximate surface area is 394 Å². The topological polar surface area (TPSA) is 132 Å². The Balaban J connectivity index is 1.38. The van der Waals surface area contributed by atoms with Gasteiger partial charge in [0.25, 0.3) is 0 Å². The number of aryl methyl sites for hydroxylation is 1. The first kappa shape index (κ1) is 50.7. The summed E-state index contributed by atoms with van der Waals surface area (Å²) in [6.45, 7) is 9.61. The fourth-order valence-corrected chi connectivity index (χ4v) is 10.4. The van der Waals surface area contributed by atoms with E-state index in [2.05, 4.69) is 30.6 Å². The van der Waals surface area contributed by atoms with E-state index in [0.29, 0.717) is 44.0 Å². The first-order valence-electron chi connectivity index (χ1n) is 25.0. The number of fused-ring (bicyclic) bond motifs is 2. The van der Waals surface area contributed by atoms with E-state index in [1.54, 1.807) is 18.0 Å². The number of amides is 1. The van der Waals surface area contributed by atoms with Crippen molar-refractivity contribution in [3.05, 3.63) is 114 Å². The average Bonchev–Trinajstić information content (AvgIpc) is 3.33. The SMILES string of the molecule is C=CCOC12Oc3ccc(OCc4cccc(C)n4)cc3C3C(CCCCO)C(CCCCO)C=C(C(=NOCc4ccccc4)CC1N(C)C(=O)OCCCCCCCCCCCC)C32. The van der Waals surface area contributed by atoms with Gasteiger partial charge in [-0.1, -0.05) is 131 Å². The van der Waals surface area contributed by atoms with Crippen molar-refractivity contribution in [2.24, 2.45) is 22.9 Å². The third-order valence-corrected chi connectivity index (χ3v) is 13.7. The highest BCUT2D eigenvalue weighted by atomic mass is 16.7. The van der Waals surface area contributed by atoms with Crippen LogP contribution in [0, 0.1) is 24.7 Å². The average molecular weight is 908 g/mol. The molecule has 1 saturated carbocycles. The predicted molar refractivity (Wildman–Crippen MR) is 260 cm³/mol. The largest absolute Gasteiger partial charge is 0.487 e. The Morgan fingerprint density at radius 2 is 1.62 bits per heavy atom. The van der Waals surface area contributed by atoms with Gasteiger partial charge in [-0.05, 0) is 92.3 Å². The van der Waals surface area contributed by atoms with E-state index in [1.165, 1.54) is 44.9 Å². The van der Waals surface area contributed by atoms with Crippen LogP contribution in [0.1, 0.15) is 145 Å². The third-order valence-electron chi connectivity index (χ3n) is 13.7. The maximum Gasteiger partial charge on any atom is 0.409 e. The number of nitrogens with zero attached hydrogens (tertiary/aromatic N) is 3. The van der Waals surface area contributed by atoms with Crippen molar-refractivity contribution in [2.75, 3.05) is 33.5 Å². The van der Waals surface area contributed by atoms with Crippen molar-refractivity contribution in [3.63, 3.8) is 0 Å². The molecule has 0 bridgehead atoms. The molecule has 6 rings (SSSR count). The molecule has 11 heteroatoms. The quantitative estimate of drug-likeness (QED) is 0.0397. The van der Waals surface area contributed by atoms with Crippen LogP contribution in [0.5, 0.6) is 11.5 Å². The first-order chi connectivity index (χ1) is 32.3. The molecule has 3 aliphatic rings. The van der Waals surface area contributed by atoms with Gasteiger partial charge in [0.15, 0.2) is 0 Å². The van der Waals surface area contributed by atoms with Crippen LogP contribution in [0.25, 0.3) is 0 Å². The number of ether oxygens (including phenoxy) is 4. The number of carbonyl (C=O) groups excluding carboxylic acids is 1. The number of hydrogen-bond donors (Lipinski definition) is 2. The number of pyridine rings is 1. The van der Waals surface area contributed by atoms with Gasteiger partial charge in [0.05, 0.1) is 30.5 Å². The number of aliphatic hydroxyl groups is 2. The van der Waals surface area contributed by atoms with Gasteiger partial charge < -0.3 is 38.9 Å². The molecule has 66 heavy (non-hydrogen) atoms. The number of unbranched alkanes of at least 4 members (excludes halogenated alkanes) is 11. The highest BCUT2D eigenvalue weighted by Crippen LogP contribution is 2.62. The van der Waals surface area contributed by atoms with Gasteiger partial charge in [-0.2, -0.15) is 0 Å². The summed E-state index contributed by atoms with van der Waals surface area (Å²) in [6.07, 6.45) is 20.6. The lowest BCUT2D eigenvalue weighted by Crippen LogP contribution is -2.69. The van der Waals surface area contributed by atoms with E-state index >= 15 is 0 Å². The van der Waals surface area contributed by atoms with E-state index in [9.17, 15) is 15.0 Å². The summed E-state index contributed by atoms with van der Waals surface area (Å²) >= 11 is 0. The summed E-state index contributed by atoms with van der Waals surface area (Å²) in [7, 11) is 1.78. The fourth-order valence-electron chi connectivity index (χ4n) is 10.4. The van der Waals surface area contributed by atoms with Gasteiger partial charge in [0.2, 0.25) is 5.79 Å². The van der Waals surface area contributed by atoms with Crippen LogP contribution < -0.4 is 9.47 Å². The molecule has 2 heterocycles. The van der Waals surface area contributed by atoms with E-state index in [0.717, 1.165) is 78.7 Å². The van der Waals surface area contributed by atoms with Crippen molar-refractivity contribution in [3.8, 4) is 11.5 Å². The predicted octanol–water partition coefficient (Wildman–Crippen LogP) is 11.8. The molecule has 6 atom stereocenters. The summed E-state index contributed by atoms with van der Waals surface area (Å²) in [5.41, 5.74) is 5.47. The van der Waals surface area contributed by atoms with E-state index in [1.807, 2.05) is 67.6 Å². The lowest BCUT2D eigenvalue weighted by atomic mass is 9.55. The highest BCUT2D eigenvalue weighted by Gasteiger charge is 2.65. The van der Waals surface area contributed by atoms with Crippen LogP contribution in [0.2, 0.25) is 0 Å². The summed E-state index contributed by atoms with van der Waals surface area (Å²) in [5, 5.41) is 24.9. The standard InChI is InChI=1S/C55H77N3O8/c1-5-7-8-9-10-11-12-13-14-22-35-62-54(61)58(4)51-38-49(57-65-39-42-25-16-15-17-26-42)47-36-43(27-18-20-32-59)46(29-19-21-33-60)52-48-37-45(63-40-44-28-23-24-41(3)56-44)30-31-50(48)66-55(51,53(47)52)64-34-6-2/h6,15-17,23-26,28,30-31,36-37,43,46,51-53,59-60H,2,5,7-14,18-22,27,29,32-35,38-40H2,1,3-4H3. The fraction of sp³-hybridized carbons (Fsp3) is 0.582. The molecule has 2 N–H and O–H groups in total.